The fourth-order valence-corrected chi connectivity index (χ4v) is 0.686. The summed E-state index contributed by atoms with van der Waals surface area (Å²) in [6.45, 7) is 0.375. The Morgan fingerprint density at radius 2 is 2.50 bits per heavy atom. The first-order valence-electron chi connectivity index (χ1n) is 2.47. The van der Waals surface area contributed by atoms with Gasteiger partial charge in [0.05, 0.1) is 12.6 Å². The maximum atomic E-state index is 10.5. The molecule has 0 spiro atoms. The smallest absolute Gasteiger partial charge is 0.262 e. The van der Waals surface area contributed by atoms with Gasteiger partial charge in [-0.15, -0.1) is 0 Å². The summed E-state index contributed by atoms with van der Waals surface area (Å²) in [6.07, 6.45) is 0.565. The van der Waals surface area contributed by atoms with Crippen molar-refractivity contribution in [2.75, 3.05) is 6.54 Å². The Labute approximate surface area is 46.8 Å². The minimum absolute atomic E-state index is 0.370. The molecule has 3 N–H and O–H groups in total. The van der Waals surface area contributed by atoms with Crippen LogP contribution in [0.25, 0.3) is 0 Å². The van der Waals surface area contributed by atoms with Gasteiger partial charge < -0.3 is 5.73 Å². The van der Waals surface area contributed by atoms with Crippen LogP contribution in [0, 0.1) is 0 Å². The number of carbonyl (C=O) groups is 1. The van der Waals surface area contributed by atoms with Crippen molar-refractivity contribution in [1.82, 2.24) is 5.06 Å². The number of hydrogen-bond donors (Lipinski definition) is 2. The molecule has 0 unspecified atom stereocenters. The topological polar surface area (TPSA) is 66.6 Å². The van der Waals surface area contributed by atoms with Crippen LogP contribution in [0.5, 0.6) is 0 Å². The van der Waals surface area contributed by atoms with Crippen LogP contribution in [-0.2, 0) is 4.79 Å². The van der Waals surface area contributed by atoms with E-state index in [-0.39, 0.29) is 5.91 Å². The zero-order valence-electron chi connectivity index (χ0n) is 4.37. The third-order valence-corrected chi connectivity index (χ3v) is 1.22. The molecule has 0 aliphatic carbocycles. The zero-order chi connectivity index (χ0) is 6.15. The molecule has 0 aromatic carbocycles. The average Bonchev–Trinajstić information content (AvgIpc) is 1.98. The predicted octanol–water partition coefficient (Wildman–Crippen LogP) is -1.06. The van der Waals surface area contributed by atoms with E-state index >= 15 is 0 Å². The molecule has 4 heteroatoms. The second-order valence-electron chi connectivity index (χ2n) is 1.86. The van der Waals surface area contributed by atoms with Gasteiger partial charge in [-0.1, -0.05) is 0 Å². The van der Waals surface area contributed by atoms with E-state index in [0.717, 1.165) is 0 Å². The fourth-order valence-electron chi connectivity index (χ4n) is 0.686. The summed E-state index contributed by atoms with van der Waals surface area (Å²) in [6, 6.07) is -0.472. The van der Waals surface area contributed by atoms with Gasteiger partial charge in [0.1, 0.15) is 0 Å². The number of amides is 1. The van der Waals surface area contributed by atoms with Crippen LogP contribution in [-0.4, -0.2) is 28.8 Å². The fraction of sp³-hybridized carbons (Fsp3) is 0.750. The Bertz CT molecular complexity index is 103. The van der Waals surface area contributed by atoms with E-state index in [1.165, 1.54) is 0 Å². The molecular formula is C4H8N2O2. The molecule has 1 saturated heterocycles. The lowest BCUT2D eigenvalue weighted by Gasteiger charge is -2.02. The monoisotopic (exact) mass is 116 g/mol. The number of carbonyl (C=O) groups excluding carboxylic acids is 1. The Hall–Kier alpha value is -0.610. The van der Waals surface area contributed by atoms with Crippen LogP contribution >= 0.6 is 0 Å². The maximum absolute atomic E-state index is 10.5. The number of hydrogen-bond acceptors (Lipinski definition) is 3. The lowest BCUT2D eigenvalue weighted by Crippen LogP contribution is -2.31. The number of nitrogens with two attached hydrogens (primary N) is 1. The highest BCUT2D eigenvalue weighted by molar-refractivity contribution is 5.82. The molecule has 0 aromatic rings. The van der Waals surface area contributed by atoms with Gasteiger partial charge >= 0.3 is 0 Å². The molecule has 1 aliphatic heterocycles. The molecule has 4 nitrogen and oxygen atoms in total. The Morgan fingerprint density at radius 1 is 1.88 bits per heavy atom. The van der Waals surface area contributed by atoms with Gasteiger partial charge in [-0.25, -0.2) is 5.06 Å². The van der Waals surface area contributed by atoms with Crippen LogP contribution in [0.1, 0.15) is 6.42 Å². The van der Waals surface area contributed by atoms with E-state index in [1.807, 2.05) is 0 Å². The van der Waals surface area contributed by atoms with Gasteiger partial charge in [0.2, 0.25) is 0 Å². The third kappa shape index (κ3) is 0.677. The lowest BCUT2D eigenvalue weighted by atomic mass is 10.3. The highest BCUT2D eigenvalue weighted by Crippen LogP contribution is 2.04. The number of hydroxylamine groups is 2. The minimum Gasteiger partial charge on any atom is -0.320 e. The molecule has 0 aromatic heterocycles. The van der Waals surface area contributed by atoms with E-state index in [0.29, 0.717) is 18.0 Å². The van der Waals surface area contributed by atoms with E-state index in [9.17, 15) is 4.79 Å². The normalized spacial score (nSPS) is 29.5. The number of rotatable bonds is 0. The van der Waals surface area contributed by atoms with Crippen molar-refractivity contribution in [3.63, 3.8) is 0 Å². The maximum Gasteiger partial charge on any atom is 0.262 e. The van der Waals surface area contributed by atoms with E-state index in [2.05, 4.69) is 0 Å². The molecule has 1 amide bonds. The summed E-state index contributed by atoms with van der Waals surface area (Å²) in [7, 11) is 0. The third-order valence-electron chi connectivity index (χ3n) is 1.22. The SMILES string of the molecule is N[C@H]1CCN(O)C1=O. The molecule has 1 atom stereocenters. The van der Waals surface area contributed by atoms with Crippen LogP contribution in [0.3, 0.4) is 0 Å². The van der Waals surface area contributed by atoms with Crippen molar-refractivity contribution in [2.24, 2.45) is 5.73 Å². The van der Waals surface area contributed by atoms with Gasteiger partial charge in [-0.3, -0.25) is 10.0 Å². The molecule has 0 bridgehead atoms. The summed E-state index contributed by atoms with van der Waals surface area (Å²) >= 11 is 0. The Balaban J connectivity index is 2.57. The summed E-state index contributed by atoms with van der Waals surface area (Å²) in [4.78, 5) is 10.5. The summed E-state index contributed by atoms with van der Waals surface area (Å²) in [5.41, 5.74) is 5.22. The Kier molecular flexibility index (Phi) is 1.19. The Morgan fingerprint density at radius 3 is 2.62 bits per heavy atom. The molecule has 0 radical (unpaired) electrons. The highest BCUT2D eigenvalue weighted by Gasteiger charge is 2.26. The lowest BCUT2D eigenvalue weighted by molar-refractivity contribution is -0.157. The molecule has 0 saturated carbocycles. The molecule has 1 rings (SSSR count). The van der Waals surface area contributed by atoms with E-state index in [4.69, 9.17) is 10.9 Å². The quantitative estimate of drug-likeness (QED) is 0.396. The van der Waals surface area contributed by atoms with E-state index < -0.39 is 6.04 Å². The van der Waals surface area contributed by atoms with Crippen molar-refractivity contribution in [1.29, 1.82) is 0 Å². The van der Waals surface area contributed by atoms with Gasteiger partial charge in [-0.05, 0) is 6.42 Å². The molecule has 1 heterocycles. The van der Waals surface area contributed by atoms with E-state index in [1.54, 1.807) is 0 Å². The first-order valence-corrected chi connectivity index (χ1v) is 2.47. The van der Waals surface area contributed by atoms with Crippen molar-refractivity contribution in [3.8, 4) is 0 Å². The van der Waals surface area contributed by atoms with Gasteiger partial charge in [0.15, 0.2) is 0 Å². The summed E-state index contributed by atoms with van der Waals surface area (Å²) in [5, 5.41) is 9.23. The summed E-state index contributed by atoms with van der Waals surface area (Å²) in [5.74, 6) is -0.370. The molecule has 46 valence electrons. The zero-order valence-corrected chi connectivity index (χ0v) is 4.37. The van der Waals surface area contributed by atoms with Crippen LogP contribution < -0.4 is 5.73 Å². The van der Waals surface area contributed by atoms with Crippen molar-refractivity contribution < 1.29 is 10.0 Å². The van der Waals surface area contributed by atoms with Crippen molar-refractivity contribution in [2.45, 2.75) is 12.5 Å². The standard InChI is InChI=1S/C4H8N2O2/c5-3-1-2-6(8)4(3)7/h3,8H,1-2,5H2/t3-/m0/s1. The van der Waals surface area contributed by atoms with Crippen LogP contribution in [0.2, 0.25) is 0 Å². The van der Waals surface area contributed by atoms with Gasteiger partial charge in [0, 0.05) is 0 Å². The predicted molar refractivity (Wildman–Crippen MR) is 26.1 cm³/mol. The molecule has 8 heavy (non-hydrogen) atoms. The highest BCUT2D eigenvalue weighted by atomic mass is 16.5. The van der Waals surface area contributed by atoms with Gasteiger partial charge in [-0.2, -0.15) is 0 Å². The molecule has 1 fully saturated rings. The minimum atomic E-state index is -0.472. The first-order chi connectivity index (χ1) is 3.72. The number of nitrogens with zero attached hydrogens (tertiary/aromatic N) is 1. The van der Waals surface area contributed by atoms with Crippen LogP contribution in [0.4, 0.5) is 0 Å². The first kappa shape index (κ1) is 5.53. The van der Waals surface area contributed by atoms with Crippen molar-refractivity contribution in [3.05, 3.63) is 0 Å². The second-order valence-corrected chi connectivity index (χ2v) is 1.86. The summed E-state index contributed by atoms with van der Waals surface area (Å²) < 4.78 is 0. The molecular weight excluding hydrogens is 108 g/mol. The second kappa shape index (κ2) is 1.72. The van der Waals surface area contributed by atoms with Crippen molar-refractivity contribution >= 4 is 5.91 Å². The van der Waals surface area contributed by atoms with Gasteiger partial charge in [0.25, 0.3) is 5.91 Å². The average molecular weight is 116 g/mol. The molecule has 1 aliphatic rings. The largest absolute Gasteiger partial charge is 0.320 e. The van der Waals surface area contributed by atoms with Crippen LogP contribution in [0.15, 0.2) is 0 Å².